The smallest absolute Gasteiger partial charge is 0.416 e. The molecule has 24 heavy (non-hydrogen) atoms. The number of halogens is 3. The summed E-state index contributed by atoms with van der Waals surface area (Å²) in [6.45, 7) is 0.654. The molecule has 0 radical (unpaired) electrons. The van der Waals surface area contributed by atoms with E-state index in [2.05, 4.69) is 10.0 Å². The van der Waals surface area contributed by atoms with Crippen molar-refractivity contribution in [3.63, 3.8) is 0 Å². The van der Waals surface area contributed by atoms with Gasteiger partial charge in [0.2, 0.25) is 0 Å². The quantitative estimate of drug-likeness (QED) is 0.582. The molecule has 0 aliphatic heterocycles. The van der Waals surface area contributed by atoms with Gasteiger partial charge in [-0.25, -0.2) is 0 Å². The van der Waals surface area contributed by atoms with E-state index in [4.69, 9.17) is 0 Å². The Morgan fingerprint density at radius 1 is 0.958 bits per heavy atom. The molecule has 130 valence electrons. The van der Waals surface area contributed by atoms with Gasteiger partial charge in [-0.3, -0.25) is 4.21 Å². The summed E-state index contributed by atoms with van der Waals surface area (Å²) >= 11 is -2.35. The second-order valence-corrected chi connectivity index (χ2v) is 5.81. The van der Waals surface area contributed by atoms with Crippen LogP contribution >= 0.6 is 0 Å². The maximum atomic E-state index is 12.5. The molecule has 0 bridgehead atoms. The molecular formula is C16H16F3N2O2S-. The van der Waals surface area contributed by atoms with Crippen LogP contribution < -0.4 is 10.0 Å². The minimum atomic E-state index is -4.31. The molecule has 0 heterocycles. The molecule has 0 aromatic heterocycles. The van der Waals surface area contributed by atoms with Crippen molar-refractivity contribution in [1.82, 2.24) is 0 Å². The molecule has 1 unspecified atom stereocenters. The third kappa shape index (κ3) is 5.86. The molecular weight excluding hydrogens is 341 g/mol. The zero-order chi connectivity index (χ0) is 17.6. The summed E-state index contributed by atoms with van der Waals surface area (Å²) in [5, 5.41) is 3.17. The van der Waals surface area contributed by atoms with E-state index < -0.39 is 23.0 Å². The van der Waals surface area contributed by atoms with Gasteiger partial charge < -0.3 is 14.6 Å². The normalized spacial score (nSPS) is 12.7. The van der Waals surface area contributed by atoms with Gasteiger partial charge in [0.25, 0.3) is 0 Å². The Hall–Kier alpha value is -2.06. The van der Waals surface area contributed by atoms with Gasteiger partial charge in [0.05, 0.1) is 5.56 Å². The summed E-state index contributed by atoms with van der Waals surface area (Å²) in [5.41, 5.74) is 1.52. The molecule has 0 spiro atoms. The lowest BCUT2D eigenvalue weighted by molar-refractivity contribution is -0.137. The lowest BCUT2D eigenvalue weighted by atomic mass is 10.1. The van der Waals surface area contributed by atoms with Crippen LogP contribution in [0.15, 0.2) is 48.5 Å². The Morgan fingerprint density at radius 2 is 1.54 bits per heavy atom. The molecule has 4 nitrogen and oxygen atoms in total. The SMILES string of the molecule is O=S([O-])Nc1ccc(NCCCc2ccc(C(F)(F)F)cc2)cc1. The van der Waals surface area contributed by atoms with Crippen molar-refractivity contribution >= 4 is 22.6 Å². The Bertz CT molecular complexity index is 673. The van der Waals surface area contributed by atoms with Crippen LogP contribution in [0.3, 0.4) is 0 Å². The number of hydrogen-bond acceptors (Lipinski definition) is 3. The summed E-state index contributed by atoms with van der Waals surface area (Å²) in [5.74, 6) is 0. The van der Waals surface area contributed by atoms with Crippen LogP contribution in [0, 0.1) is 0 Å². The molecule has 0 amide bonds. The number of benzene rings is 2. The van der Waals surface area contributed by atoms with E-state index in [-0.39, 0.29) is 0 Å². The molecule has 0 aliphatic carbocycles. The number of alkyl halides is 3. The number of rotatable bonds is 7. The first-order valence-electron chi connectivity index (χ1n) is 7.20. The highest BCUT2D eigenvalue weighted by molar-refractivity contribution is 7.80. The highest BCUT2D eigenvalue weighted by Gasteiger charge is 2.29. The van der Waals surface area contributed by atoms with E-state index >= 15 is 0 Å². The molecule has 8 heteroatoms. The first kappa shape index (κ1) is 18.3. The Morgan fingerprint density at radius 3 is 2.08 bits per heavy atom. The Labute approximate surface area is 140 Å². The third-order valence-corrected chi connectivity index (χ3v) is 3.74. The number of nitrogens with one attached hydrogen (secondary N) is 2. The molecule has 2 N–H and O–H groups in total. The van der Waals surface area contributed by atoms with Crippen LogP contribution in [0.25, 0.3) is 0 Å². The van der Waals surface area contributed by atoms with Crippen molar-refractivity contribution in [3.8, 4) is 0 Å². The molecule has 0 fully saturated rings. The summed E-state index contributed by atoms with van der Waals surface area (Å²) < 4.78 is 60.6. The van der Waals surface area contributed by atoms with Gasteiger partial charge in [-0.2, -0.15) is 13.2 Å². The van der Waals surface area contributed by atoms with Crippen LogP contribution in [0.4, 0.5) is 24.5 Å². The maximum Gasteiger partial charge on any atom is 0.416 e. The first-order valence-corrected chi connectivity index (χ1v) is 8.28. The average molecular weight is 357 g/mol. The molecule has 0 saturated carbocycles. The van der Waals surface area contributed by atoms with Crippen LogP contribution in [-0.4, -0.2) is 15.3 Å². The van der Waals surface area contributed by atoms with E-state index in [9.17, 15) is 21.9 Å². The first-order chi connectivity index (χ1) is 11.3. The fourth-order valence-corrected chi connectivity index (χ4v) is 2.47. The minimum Gasteiger partial charge on any atom is -0.755 e. The monoisotopic (exact) mass is 357 g/mol. The molecule has 0 saturated heterocycles. The summed E-state index contributed by atoms with van der Waals surface area (Å²) in [4.78, 5) is 0. The van der Waals surface area contributed by atoms with Crippen molar-refractivity contribution in [1.29, 1.82) is 0 Å². The zero-order valence-electron chi connectivity index (χ0n) is 12.6. The summed E-state index contributed by atoms with van der Waals surface area (Å²) in [6, 6.07) is 11.9. The Kier molecular flexibility index (Phi) is 6.22. The highest BCUT2D eigenvalue weighted by atomic mass is 32.2. The third-order valence-electron chi connectivity index (χ3n) is 3.34. The highest BCUT2D eigenvalue weighted by Crippen LogP contribution is 2.29. The number of anilines is 2. The minimum absolute atomic E-state index is 0.471. The zero-order valence-corrected chi connectivity index (χ0v) is 13.4. The lowest BCUT2D eigenvalue weighted by Crippen LogP contribution is -2.06. The van der Waals surface area contributed by atoms with Crippen LogP contribution in [0.1, 0.15) is 17.5 Å². The summed E-state index contributed by atoms with van der Waals surface area (Å²) in [7, 11) is 0. The molecule has 0 aliphatic rings. The molecule has 2 rings (SSSR count). The van der Waals surface area contributed by atoms with E-state index in [1.807, 2.05) is 0 Å². The number of hydrogen-bond donors (Lipinski definition) is 2. The fraction of sp³-hybridized carbons (Fsp3) is 0.250. The Balaban J connectivity index is 1.75. The van der Waals surface area contributed by atoms with E-state index in [0.717, 1.165) is 29.8 Å². The lowest BCUT2D eigenvalue weighted by Gasteiger charge is -2.11. The van der Waals surface area contributed by atoms with Gasteiger partial charge in [-0.15, -0.1) is 0 Å². The van der Waals surface area contributed by atoms with Gasteiger partial charge in [-0.1, -0.05) is 12.1 Å². The summed E-state index contributed by atoms with van der Waals surface area (Å²) in [6.07, 6.45) is -2.88. The van der Waals surface area contributed by atoms with Crippen LogP contribution in [-0.2, 0) is 23.9 Å². The van der Waals surface area contributed by atoms with Crippen LogP contribution in [0.2, 0.25) is 0 Å². The van der Waals surface area contributed by atoms with Gasteiger partial charge >= 0.3 is 6.18 Å². The van der Waals surface area contributed by atoms with E-state index in [1.165, 1.54) is 12.1 Å². The van der Waals surface area contributed by atoms with Crippen molar-refractivity contribution in [2.45, 2.75) is 19.0 Å². The maximum absolute atomic E-state index is 12.5. The predicted molar refractivity (Wildman–Crippen MR) is 87.2 cm³/mol. The van der Waals surface area contributed by atoms with Gasteiger partial charge in [0.1, 0.15) is 0 Å². The van der Waals surface area contributed by atoms with Gasteiger partial charge in [-0.05, 0) is 54.8 Å². The van der Waals surface area contributed by atoms with Crippen molar-refractivity contribution in [3.05, 3.63) is 59.7 Å². The van der Waals surface area contributed by atoms with E-state index in [1.54, 1.807) is 24.3 Å². The topological polar surface area (TPSA) is 64.2 Å². The van der Waals surface area contributed by atoms with Gasteiger partial charge in [0.15, 0.2) is 0 Å². The molecule has 2 aromatic carbocycles. The fourth-order valence-electron chi connectivity index (χ4n) is 2.14. The average Bonchev–Trinajstić information content (AvgIpc) is 2.52. The van der Waals surface area contributed by atoms with Crippen molar-refractivity contribution in [2.75, 3.05) is 16.6 Å². The van der Waals surface area contributed by atoms with Crippen molar-refractivity contribution in [2.24, 2.45) is 0 Å². The van der Waals surface area contributed by atoms with Crippen molar-refractivity contribution < 1.29 is 21.9 Å². The standard InChI is InChI=1S/C16H17F3N2O2S/c17-16(18,19)13-5-3-12(4-6-13)2-1-11-20-14-7-9-15(10-8-14)21-24(22)23/h3-10,20-21H,1-2,11H2,(H,22,23)/p-1. The molecule has 1 atom stereocenters. The molecule has 2 aromatic rings. The van der Waals surface area contributed by atoms with Crippen LogP contribution in [0.5, 0.6) is 0 Å². The van der Waals surface area contributed by atoms with Gasteiger partial charge in [0, 0.05) is 29.2 Å². The second-order valence-electron chi connectivity index (χ2n) is 5.14. The number of aryl methyl sites for hydroxylation is 1. The predicted octanol–water partition coefficient (Wildman–Crippen LogP) is 3.96. The second kappa shape index (κ2) is 8.16. The largest absolute Gasteiger partial charge is 0.755 e. The van der Waals surface area contributed by atoms with E-state index in [0.29, 0.717) is 18.7 Å².